The predicted octanol–water partition coefficient (Wildman–Crippen LogP) is 2.93. The Hall–Kier alpha value is -4.11. The van der Waals surface area contributed by atoms with Crippen molar-refractivity contribution in [1.29, 1.82) is 0 Å². The molecule has 1 unspecified atom stereocenters. The Kier molecular flexibility index (Phi) is 5.33. The van der Waals surface area contributed by atoms with E-state index in [9.17, 15) is 4.79 Å². The molecule has 9 heteroatoms. The first-order valence-electron chi connectivity index (χ1n) is 11.1. The molecule has 0 radical (unpaired) electrons. The van der Waals surface area contributed by atoms with Crippen LogP contribution in [0.15, 0.2) is 61.1 Å². The fourth-order valence-corrected chi connectivity index (χ4v) is 4.10. The zero-order valence-corrected chi connectivity index (χ0v) is 19.3. The average Bonchev–Trinajstić information content (AvgIpc) is 3.25. The molecule has 0 bridgehead atoms. The zero-order chi connectivity index (χ0) is 23.9. The van der Waals surface area contributed by atoms with E-state index < -0.39 is 5.54 Å². The van der Waals surface area contributed by atoms with Crippen LogP contribution in [0.1, 0.15) is 47.1 Å². The summed E-state index contributed by atoms with van der Waals surface area (Å²) in [5.41, 5.74) is 14.0. The van der Waals surface area contributed by atoms with E-state index in [-0.39, 0.29) is 17.6 Å². The first kappa shape index (κ1) is 21.7. The maximum atomic E-state index is 12.9. The van der Waals surface area contributed by atoms with Crippen LogP contribution >= 0.6 is 0 Å². The number of carbonyl (C=O) groups excluding carboxylic acids is 1. The highest BCUT2D eigenvalue weighted by molar-refractivity contribution is 5.93. The van der Waals surface area contributed by atoms with Gasteiger partial charge in [-0.25, -0.2) is 20.4 Å². The molecule has 0 saturated heterocycles. The van der Waals surface area contributed by atoms with Crippen LogP contribution in [0.4, 0.5) is 11.6 Å². The van der Waals surface area contributed by atoms with E-state index in [2.05, 4.69) is 61.9 Å². The van der Waals surface area contributed by atoms with Gasteiger partial charge >= 0.3 is 0 Å². The highest BCUT2D eigenvalue weighted by Gasteiger charge is 2.40. The van der Waals surface area contributed by atoms with Gasteiger partial charge in [-0.05, 0) is 38.5 Å². The number of fused-ring (bicyclic) bond motifs is 2. The second kappa shape index (κ2) is 8.35. The Balaban J connectivity index is 1.38. The van der Waals surface area contributed by atoms with Crippen molar-refractivity contribution in [3.63, 3.8) is 0 Å². The normalized spacial score (nSPS) is 15.4. The number of anilines is 2. The molecule has 34 heavy (non-hydrogen) atoms. The Morgan fingerprint density at radius 1 is 1.09 bits per heavy atom. The van der Waals surface area contributed by atoms with Crippen molar-refractivity contribution >= 4 is 28.6 Å². The first-order valence-corrected chi connectivity index (χ1v) is 11.1. The molecule has 9 nitrogen and oxygen atoms in total. The van der Waals surface area contributed by atoms with Crippen molar-refractivity contribution in [3.8, 4) is 0 Å². The minimum Gasteiger partial charge on any atom is -0.383 e. The van der Waals surface area contributed by atoms with Crippen LogP contribution in [-0.2, 0) is 0 Å². The van der Waals surface area contributed by atoms with Gasteiger partial charge < -0.3 is 11.1 Å². The van der Waals surface area contributed by atoms with Gasteiger partial charge in [-0.1, -0.05) is 42.0 Å². The summed E-state index contributed by atoms with van der Waals surface area (Å²) in [5.74, 6) is 0.836. The van der Waals surface area contributed by atoms with Crippen LogP contribution < -0.4 is 21.5 Å². The number of aromatic nitrogens is 4. The number of amides is 1. The van der Waals surface area contributed by atoms with E-state index in [1.807, 2.05) is 43.1 Å². The van der Waals surface area contributed by atoms with Gasteiger partial charge in [0.05, 0.1) is 34.4 Å². The summed E-state index contributed by atoms with van der Waals surface area (Å²) in [6.45, 7) is 6.42. The molecule has 4 N–H and O–H groups in total. The Morgan fingerprint density at radius 2 is 1.82 bits per heavy atom. The maximum Gasteiger partial charge on any atom is 0.271 e. The molecule has 1 aliphatic heterocycles. The third-order valence-electron chi connectivity index (χ3n) is 6.03. The molecule has 0 aliphatic carbocycles. The molecule has 3 heterocycles. The van der Waals surface area contributed by atoms with E-state index >= 15 is 0 Å². The number of hydrogen-bond donors (Lipinski definition) is 3. The van der Waals surface area contributed by atoms with E-state index in [1.165, 1.54) is 18.1 Å². The number of para-hydroxylation sites is 2. The minimum absolute atomic E-state index is 0.196. The van der Waals surface area contributed by atoms with Crippen molar-refractivity contribution in [2.45, 2.75) is 32.4 Å². The van der Waals surface area contributed by atoms with Crippen LogP contribution in [-0.4, -0.2) is 37.9 Å². The van der Waals surface area contributed by atoms with Crippen LogP contribution in [0, 0.1) is 6.92 Å². The molecule has 0 spiro atoms. The maximum absolute atomic E-state index is 12.9. The number of nitrogens with two attached hydrogens (primary N) is 1. The second-order valence-corrected chi connectivity index (χ2v) is 9.04. The van der Waals surface area contributed by atoms with Gasteiger partial charge in [0.1, 0.15) is 17.8 Å². The fraction of sp³-hybridized carbons (Fsp3) is 0.240. The van der Waals surface area contributed by atoms with Crippen LogP contribution in [0.25, 0.3) is 11.0 Å². The van der Waals surface area contributed by atoms with Crippen LogP contribution in [0.2, 0.25) is 0 Å². The number of hydrazine groups is 1. The number of nitrogen functional groups attached to an aromatic ring is 1. The van der Waals surface area contributed by atoms with Crippen molar-refractivity contribution in [2.75, 3.05) is 17.3 Å². The van der Waals surface area contributed by atoms with Crippen LogP contribution in [0.3, 0.4) is 0 Å². The van der Waals surface area contributed by atoms with Gasteiger partial charge in [0.15, 0.2) is 5.82 Å². The smallest absolute Gasteiger partial charge is 0.271 e. The minimum atomic E-state index is -0.547. The van der Waals surface area contributed by atoms with Crippen molar-refractivity contribution in [3.05, 3.63) is 83.4 Å². The molecule has 5 rings (SSSR count). The zero-order valence-electron chi connectivity index (χ0n) is 19.3. The lowest BCUT2D eigenvalue weighted by molar-refractivity contribution is 0.0939. The number of benzene rings is 2. The summed E-state index contributed by atoms with van der Waals surface area (Å²) in [4.78, 5) is 30.4. The van der Waals surface area contributed by atoms with Crippen molar-refractivity contribution in [2.24, 2.45) is 0 Å². The largest absolute Gasteiger partial charge is 0.383 e. The molecular formula is C25H26N8O. The predicted molar refractivity (Wildman–Crippen MR) is 131 cm³/mol. The SMILES string of the molecule is Cc1ccc(C2NN(C(C)(C)CNC(=O)c3cnc4ccccc4n3)c3ncnc(N)c32)cc1. The van der Waals surface area contributed by atoms with E-state index in [0.717, 1.165) is 16.6 Å². The molecule has 1 aliphatic rings. The number of nitrogens with zero attached hydrogens (tertiary/aromatic N) is 5. The van der Waals surface area contributed by atoms with E-state index in [1.54, 1.807) is 0 Å². The molecule has 1 amide bonds. The van der Waals surface area contributed by atoms with Gasteiger partial charge in [0.25, 0.3) is 5.91 Å². The fourth-order valence-electron chi connectivity index (χ4n) is 4.10. The lowest BCUT2D eigenvalue weighted by atomic mass is 10.00. The molecular weight excluding hydrogens is 428 g/mol. The van der Waals surface area contributed by atoms with Gasteiger partial charge in [0.2, 0.25) is 0 Å². The van der Waals surface area contributed by atoms with Crippen molar-refractivity contribution < 1.29 is 4.79 Å². The molecule has 1 atom stereocenters. The third kappa shape index (κ3) is 3.90. The van der Waals surface area contributed by atoms with E-state index in [0.29, 0.717) is 23.7 Å². The number of aryl methyl sites for hydroxylation is 1. The van der Waals surface area contributed by atoms with Gasteiger partial charge in [-0.3, -0.25) is 14.8 Å². The summed E-state index contributed by atoms with van der Waals surface area (Å²) in [6.07, 6.45) is 2.95. The molecule has 2 aromatic carbocycles. The Morgan fingerprint density at radius 3 is 2.59 bits per heavy atom. The highest BCUT2D eigenvalue weighted by atomic mass is 16.1. The first-order chi connectivity index (χ1) is 16.3. The average molecular weight is 455 g/mol. The van der Waals surface area contributed by atoms with Gasteiger partial charge in [-0.15, -0.1) is 0 Å². The summed E-state index contributed by atoms with van der Waals surface area (Å²) >= 11 is 0. The summed E-state index contributed by atoms with van der Waals surface area (Å²) in [7, 11) is 0. The Bertz CT molecular complexity index is 1370. The number of nitrogens with one attached hydrogen (secondary N) is 2. The quantitative estimate of drug-likeness (QED) is 0.421. The molecule has 172 valence electrons. The number of hydrogen-bond acceptors (Lipinski definition) is 8. The van der Waals surface area contributed by atoms with E-state index in [4.69, 9.17) is 5.73 Å². The van der Waals surface area contributed by atoms with Gasteiger partial charge in [-0.2, -0.15) is 0 Å². The lowest BCUT2D eigenvalue weighted by Crippen LogP contribution is -2.56. The standard InChI is InChI=1S/C25H26N8O/c1-15-8-10-16(11-9-15)21-20-22(26)29-14-30-23(20)33(32-21)25(2,3)13-28-24(34)19-12-27-17-6-4-5-7-18(17)31-19/h4-12,14,21,32H,13H2,1-3H3,(H,28,34)(H2,26,29,30). The lowest BCUT2D eigenvalue weighted by Gasteiger charge is -2.37. The molecule has 2 aromatic heterocycles. The second-order valence-electron chi connectivity index (χ2n) is 9.04. The monoisotopic (exact) mass is 454 g/mol. The topological polar surface area (TPSA) is 122 Å². The highest BCUT2D eigenvalue weighted by Crippen LogP contribution is 2.40. The summed E-state index contributed by atoms with van der Waals surface area (Å²) < 4.78 is 0. The molecule has 4 aromatic rings. The molecule has 0 fully saturated rings. The Labute approximate surface area is 197 Å². The summed E-state index contributed by atoms with van der Waals surface area (Å²) in [6, 6.07) is 15.5. The number of rotatable bonds is 5. The van der Waals surface area contributed by atoms with Gasteiger partial charge in [0, 0.05) is 6.54 Å². The van der Waals surface area contributed by atoms with Crippen LogP contribution in [0.5, 0.6) is 0 Å². The third-order valence-corrected chi connectivity index (χ3v) is 6.03. The molecule has 0 saturated carbocycles. The van der Waals surface area contributed by atoms with Crippen molar-refractivity contribution in [1.82, 2.24) is 30.7 Å². The summed E-state index contributed by atoms with van der Waals surface area (Å²) in [5, 5.41) is 4.95. The number of carbonyl (C=O) groups is 1.